The molecule has 1 aliphatic heterocycles. The van der Waals surface area contributed by atoms with E-state index in [9.17, 15) is 4.79 Å². The number of hydrogen-bond acceptors (Lipinski definition) is 6. The summed E-state index contributed by atoms with van der Waals surface area (Å²) in [6, 6.07) is 11.3. The first-order valence-corrected chi connectivity index (χ1v) is 10.4. The van der Waals surface area contributed by atoms with Crippen LogP contribution in [0, 0.1) is 6.92 Å². The van der Waals surface area contributed by atoms with Crippen LogP contribution >= 0.6 is 11.3 Å². The minimum atomic E-state index is -0.256. The van der Waals surface area contributed by atoms with Crippen molar-refractivity contribution in [2.24, 2.45) is 0 Å². The predicted molar refractivity (Wildman–Crippen MR) is 115 cm³/mol. The number of rotatable bonds is 5. The van der Waals surface area contributed by atoms with Crippen LogP contribution in [-0.4, -0.2) is 42.3 Å². The maximum atomic E-state index is 12.4. The Morgan fingerprint density at radius 2 is 2.10 bits per heavy atom. The minimum absolute atomic E-state index is 0.256. The Bertz CT molecular complexity index is 984. The highest BCUT2D eigenvalue weighted by Gasteiger charge is 2.16. The van der Waals surface area contributed by atoms with Crippen molar-refractivity contribution in [2.75, 3.05) is 36.5 Å². The number of aryl methyl sites for hydroxylation is 1. The van der Waals surface area contributed by atoms with Gasteiger partial charge in [0.15, 0.2) is 0 Å². The van der Waals surface area contributed by atoms with Crippen molar-refractivity contribution in [3.8, 4) is 11.3 Å². The van der Waals surface area contributed by atoms with Gasteiger partial charge in [-0.3, -0.25) is 0 Å². The third-order valence-electron chi connectivity index (χ3n) is 4.65. The van der Waals surface area contributed by atoms with Crippen LogP contribution in [0.4, 0.5) is 16.3 Å². The van der Waals surface area contributed by atoms with Gasteiger partial charge in [-0.15, -0.1) is 11.3 Å². The molecule has 0 radical (unpaired) electrons. The minimum Gasteiger partial charge on any atom is -0.378 e. The van der Waals surface area contributed by atoms with Gasteiger partial charge in [0.1, 0.15) is 5.82 Å². The summed E-state index contributed by atoms with van der Waals surface area (Å²) in [7, 11) is 0. The second-order valence-corrected chi connectivity index (χ2v) is 7.79. The molecular formula is C21H23N5O2S. The highest BCUT2D eigenvalue weighted by molar-refractivity contribution is 7.09. The summed E-state index contributed by atoms with van der Waals surface area (Å²) in [6.07, 6.45) is 1.78. The van der Waals surface area contributed by atoms with E-state index in [1.54, 1.807) is 17.5 Å². The molecule has 0 saturated carbocycles. The first-order chi connectivity index (χ1) is 14.2. The number of nitrogens with zero attached hydrogens (tertiary/aromatic N) is 3. The van der Waals surface area contributed by atoms with Gasteiger partial charge >= 0.3 is 6.03 Å². The summed E-state index contributed by atoms with van der Waals surface area (Å²) in [5.74, 6) is 0.900. The van der Waals surface area contributed by atoms with Crippen molar-refractivity contribution >= 4 is 28.9 Å². The number of carbonyl (C=O) groups is 1. The van der Waals surface area contributed by atoms with Gasteiger partial charge in [-0.05, 0) is 25.1 Å². The molecular weight excluding hydrogens is 386 g/mol. The zero-order valence-corrected chi connectivity index (χ0v) is 17.0. The molecule has 0 unspecified atom stereocenters. The molecule has 8 heteroatoms. The lowest BCUT2D eigenvalue weighted by molar-refractivity contribution is 0.122. The van der Waals surface area contributed by atoms with Crippen LogP contribution in [-0.2, 0) is 11.3 Å². The zero-order valence-electron chi connectivity index (χ0n) is 16.2. The number of amides is 2. The summed E-state index contributed by atoms with van der Waals surface area (Å²) in [4.78, 5) is 23.6. The van der Waals surface area contributed by atoms with Gasteiger partial charge in [0.25, 0.3) is 0 Å². The zero-order chi connectivity index (χ0) is 20.1. The van der Waals surface area contributed by atoms with Crippen LogP contribution in [0.1, 0.15) is 10.6 Å². The molecule has 1 aromatic carbocycles. The van der Waals surface area contributed by atoms with Gasteiger partial charge in [0, 0.05) is 48.0 Å². The number of carbonyl (C=O) groups excluding carboxylic acids is 1. The Hall–Kier alpha value is -2.97. The number of pyridine rings is 1. The fraction of sp³-hybridized carbons (Fsp3) is 0.286. The molecule has 4 rings (SSSR count). The number of urea groups is 1. The van der Waals surface area contributed by atoms with E-state index in [2.05, 4.69) is 25.5 Å². The van der Waals surface area contributed by atoms with E-state index in [-0.39, 0.29) is 6.03 Å². The Morgan fingerprint density at radius 1 is 1.24 bits per heavy atom. The Balaban J connectivity index is 1.39. The summed E-state index contributed by atoms with van der Waals surface area (Å²) in [5.41, 5.74) is 3.61. The number of morpholine rings is 1. The van der Waals surface area contributed by atoms with Crippen LogP contribution in [0.2, 0.25) is 0 Å². The lowest BCUT2D eigenvalue weighted by atomic mass is 10.1. The molecule has 29 heavy (non-hydrogen) atoms. The van der Waals surface area contributed by atoms with Crippen LogP contribution in [0.25, 0.3) is 11.3 Å². The quantitative estimate of drug-likeness (QED) is 0.672. The maximum absolute atomic E-state index is 12.4. The number of aromatic nitrogens is 2. The second kappa shape index (κ2) is 9.02. The van der Waals surface area contributed by atoms with Crippen molar-refractivity contribution in [3.63, 3.8) is 0 Å². The molecule has 2 N–H and O–H groups in total. The molecule has 1 saturated heterocycles. The Labute approximate surface area is 173 Å². The fourth-order valence-corrected chi connectivity index (χ4v) is 3.85. The van der Waals surface area contributed by atoms with E-state index in [4.69, 9.17) is 4.74 Å². The van der Waals surface area contributed by atoms with E-state index in [1.807, 2.05) is 48.7 Å². The predicted octanol–water partition coefficient (Wildman–Crippen LogP) is 3.67. The van der Waals surface area contributed by atoms with Gasteiger partial charge in [-0.1, -0.05) is 18.2 Å². The number of ether oxygens (including phenoxy) is 1. The van der Waals surface area contributed by atoms with Crippen molar-refractivity contribution in [1.29, 1.82) is 0 Å². The highest BCUT2D eigenvalue weighted by Crippen LogP contribution is 2.24. The Kier molecular flexibility index (Phi) is 6.02. The first-order valence-electron chi connectivity index (χ1n) is 9.53. The van der Waals surface area contributed by atoms with Gasteiger partial charge in [-0.25, -0.2) is 14.8 Å². The third-order valence-corrected chi connectivity index (χ3v) is 5.43. The topological polar surface area (TPSA) is 79.4 Å². The lowest BCUT2D eigenvalue weighted by Gasteiger charge is -2.29. The summed E-state index contributed by atoms with van der Waals surface area (Å²) >= 11 is 1.61. The van der Waals surface area contributed by atoms with Gasteiger partial charge in [0.2, 0.25) is 0 Å². The number of hydrogen-bond donors (Lipinski definition) is 2. The molecule has 0 aliphatic carbocycles. The third kappa shape index (κ3) is 4.90. The van der Waals surface area contributed by atoms with Crippen molar-refractivity contribution < 1.29 is 9.53 Å². The molecule has 7 nitrogen and oxygen atoms in total. The molecule has 3 heterocycles. The fourth-order valence-electron chi connectivity index (χ4n) is 3.23. The average molecular weight is 410 g/mol. The number of anilines is 2. The van der Waals surface area contributed by atoms with Crippen LogP contribution in [0.5, 0.6) is 0 Å². The molecule has 0 atom stereocenters. The van der Waals surface area contributed by atoms with E-state index in [0.29, 0.717) is 19.8 Å². The molecule has 2 amide bonds. The molecule has 0 spiro atoms. The summed E-state index contributed by atoms with van der Waals surface area (Å²) in [5, 5.41) is 8.86. The normalized spacial score (nSPS) is 13.9. The van der Waals surface area contributed by atoms with Crippen LogP contribution in [0.15, 0.2) is 48.0 Å². The average Bonchev–Trinajstić information content (AvgIpc) is 3.20. The lowest BCUT2D eigenvalue weighted by Crippen LogP contribution is -2.38. The largest absolute Gasteiger partial charge is 0.378 e. The van der Waals surface area contributed by atoms with Crippen molar-refractivity contribution in [3.05, 3.63) is 58.5 Å². The SMILES string of the molecule is Cc1nc(-c2cccc(NC(=O)NCc3cccnc3N3CCOCC3)c2)cs1. The van der Waals surface area contributed by atoms with Gasteiger partial charge in [-0.2, -0.15) is 0 Å². The van der Waals surface area contributed by atoms with Crippen LogP contribution < -0.4 is 15.5 Å². The molecule has 0 bridgehead atoms. The van der Waals surface area contributed by atoms with Gasteiger partial charge in [0.05, 0.1) is 23.9 Å². The molecule has 3 aromatic rings. The summed E-state index contributed by atoms with van der Waals surface area (Å²) in [6.45, 7) is 5.38. The molecule has 150 valence electrons. The van der Waals surface area contributed by atoms with E-state index in [0.717, 1.165) is 46.4 Å². The van der Waals surface area contributed by atoms with E-state index in [1.165, 1.54) is 0 Å². The maximum Gasteiger partial charge on any atom is 0.319 e. The first kappa shape index (κ1) is 19.4. The van der Waals surface area contributed by atoms with Gasteiger partial charge < -0.3 is 20.3 Å². The molecule has 2 aromatic heterocycles. The number of benzene rings is 1. The van der Waals surface area contributed by atoms with E-state index >= 15 is 0 Å². The number of thiazole rings is 1. The summed E-state index contributed by atoms with van der Waals surface area (Å²) < 4.78 is 5.42. The van der Waals surface area contributed by atoms with Crippen molar-refractivity contribution in [1.82, 2.24) is 15.3 Å². The number of nitrogens with one attached hydrogen (secondary N) is 2. The monoisotopic (exact) mass is 409 g/mol. The highest BCUT2D eigenvalue weighted by atomic mass is 32.1. The van der Waals surface area contributed by atoms with E-state index < -0.39 is 0 Å². The second-order valence-electron chi connectivity index (χ2n) is 6.73. The standard InChI is InChI=1S/C21H23N5O2S/c1-15-24-19(14-29-15)16-4-2-6-18(12-16)25-21(27)23-13-17-5-3-7-22-20(17)26-8-10-28-11-9-26/h2-7,12,14H,8-11,13H2,1H3,(H2,23,25,27). The molecule has 1 aliphatic rings. The smallest absolute Gasteiger partial charge is 0.319 e. The Morgan fingerprint density at radius 3 is 2.90 bits per heavy atom. The van der Waals surface area contributed by atoms with Crippen molar-refractivity contribution in [2.45, 2.75) is 13.5 Å². The molecule has 1 fully saturated rings. The van der Waals surface area contributed by atoms with Crippen LogP contribution in [0.3, 0.4) is 0 Å².